The summed E-state index contributed by atoms with van der Waals surface area (Å²) in [4.78, 5) is 4.41. The van der Waals surface area contributed by atoms with Crippen LogP contribution in [0.1, 0.15) is 31.7 Å². The van der Waals surface area contributed by atoms with Crippen LogP contribution in [-0.4, -0.2) is 21.7 Å². The average molecular weight is 350 g/mol. The van der Waals surface area contributed by atoms with Crippen molar-refractivity contribution in [1.29, 1.82) is 0 Å². The van der Waals surface area contributed by atoms with Gasteiger partial charge in [-0.25, -0.2) is 0 Å². The van der Waals surface area contributed by atoms with E-state index in [9.17, 15) is 0 Å². The van der Waals surface area contributed by atoms with Gasteiger partial charge in [0.1, 0.15) is 0 Å². The molecule has 0 amide bonds. The van der Waals surface area contributed by atoms with E-state index in [0.717, 1.165) is 34.5 Å². The first kappa shape index (κ1) is 15.7. The Balaban J connectivity index is 1.98. The summed E-state index contributed by atoms with van der Waals surface area (Å²) in [6.45, 7) is 5.14. The molecule has 0 radical (unpaired) electrons. The highest BCUT2D eigenvalue weighted by Crippen LogP contribution is 2.21. The smallest absolute Gasteiger partial charge is 0.249 e. The number of hydrogen-bond donors (Lipinski definition) is 2. The molecule has 1 aromatic carbocycles. The van der Waals surface area contributed by atoms with Gasteiger partial charge in [-0.2, -0.15) is 10.1 Å². The SMILES string of the molecule is CCCCCNc1cnnc(Nc2ccc(Br)c(C)c2)n1. The van der Waals surface area contributed by atoms with Crippen molar-refractivity contribution in [3.63, 3.8) is 0 Å². The minimum Gasteiger partial charge on any atom is -0.369 e. The van der Waals surface area contributed by atoms with Gasteiger partial charge < -0.3 is 10.6 Å². The molecule has 0 saturated carbocycles. The fourth-order valence-electron chi connectivity index (χ4n) is 1.88. The maximum Gasteiger partial charge on any atom is 0.249 e. The van der Waals surface area contributed by atoms with Crippen LogP contribution >= 0.6 is 15.9 Å². The second-order valence-electron chi connectivity index (χ2n) is 4.89. The lowest BCUT2D eigenvalue weighted by molar-refractivity contribution is 0.741. The van der Waals surface area contributed by atoms with Crippen LogP contribution in [0.3, 0.4) is 0 Å². The molecule has 0 fully saturated rings. The molecule has 0 atom stereocenters. The minimum absolute atomic E-state index is 0.497. The normalized spacial score (nSPS) is 10.4. The van der Waals surface area contributed by atoms with Crippen LogP contribution in [0.15, 0.2) is 28.9 Å². The highest BCUT2D eigenvalue weighted by atomic mass is 79.9. The fraction of sp³-hybridized carbons (Fsp3) is 0.400. The second-order valence-corrected chi connectivity index (χ2v) is 5.74. The molecule has 0 aliphatic rings. The van der Waals surface area contributed by atoms with E-state index in [4.69, 9.17) is 0 Å². The summed E-state index contributed by atoms with van der Waals surface area (Å²) in [5.74, 6) is 1.25. The van der Waals surface area contributed by atoms with E-state index in [1.165, 1.54) is 12.8 Å². The van der Waals surface area contributed by atoms with E-state index < -0.39 is 0 Å². The van der Waals surface area contributed by atoms with Crippen molar-refractivity contribution >= 4 is 33.4 Å². The van der Waals surface area contributed by atoms with Gasteiger partial charge in [-0.15, -0.1) is 5.10 Å². The van der Waals surface area contributed by atoms with Crippen LogP contribution in [0.25, 0.3) is 0 Å². The molecule has 2 N–H and O–H groups in total. The van der Waals surface area contributed by atoms with Gasteiger partial charge in [-0.1, -0.05) is 35.7 Å². The fourth-order valence-corrected chi connectivity index (χ4v) is 2.13. The van der Waals surface area contributed by atoms with Crippen molar-refractivity contribution in [2.45, 2.75) is 33.1 Å². The first-order valence-corrected chi connectivity index (χ1v) is 7.95. The Kier molecular flexibility index (Phi) is 5.92. The van der Waals surface area contributed by atoms with E-state index >= 15 is 0 Å². The third-order valence-corrected chi connectivity index (χ3v) is 3.95. The van der Waals surface area contributed by atoms with Crippen molar-refractivity contribution in [3.05, 3.63) is 34.4 Å². The zero-order valence-corrected chi connectivity index (χ0v) is 13.9. The van der Waals surface area contributed by atoms with E-state index in [1.807, 2.05) is 25.1 Å². The van der Waals surface area contributed by atoms with Gasteiger partial charge in [0, 0.05) is 16.7 Å². The zero-order chi connectivity index (χ0) is 15.1. The average Bonchev–Trinajstić information content (AvgIpc) is 2.48. The van der Waals surface area contributed by atoms with Gasteiger partial charge >= 0.3 is 0 Å². The van der Waals surface area contributed by atoms with Crippen LogP contribution < -0.4 is 10.6 Å². The molecular weight excluding hydrogens is 330 g/mol. The van der Waals surface area contributed by atoms with E-state index in [0.29, 0.717) is 5.95 Å². The Morgan fingerprint density at radius 1 is 1.24 bits per heavy atom. The minimum atomic E-state index is 0.497. The number of aryl methyl sites for hydroxylation is 1. The number of halogens is 1. The quantitative estimate of drug-likeness (QED) is 0.730. The Bertz CT molecular complexity index is 588. The van der Waals surface area contributed by atoms with Crippen LogP contribution in [-0.2, 0) is 0 Å². The van der Waals surface area contributed by atoms with Gasteiger partial charge in [0.15, 0.2) is 5.82 Å². The van der Waals surface area contributed by atoms with Gasteiger partial charge in [-0.05, 0) is 37.1 Å². The molecule has 5 nitrogen and oxygen atoms in total. The lowest BCUT2D eigenvalue weighted by Gasteiger charge is -2.08. The number of anilines is 3. The highest BCUT2D eigenvalue weighted by molar-refractivity contribution is 9.10. The molecule has 112 valence electrons. The number of benzene rings is 1. The predicted octanol–water partition coefficient (Wildman–Crippen LogP) is 4.29. The Morgan fingerprint density at radius 2 is 2.10 bits per heavy atom. The predicted molar refractivity (Wildman–Crippen MR) is 90.0 cm³/mol. The van der Waals surface area contributed by atoms with Gasteiger partial charge in [0.25, 0.3) is 0 Å². The van der Waals surface area contributed by atoms with Crippen molar-refractivity contribution in [3.8, 4) is 0 Å². The van der Waals surface area contributed by atoms with E-state index in [-0.39, 0.29) is 0 Å². The summed E-state index contributed by atoms with van der Waals surface area (Å²) in [6, 6.07) is 6.01. The molecule has 6 heteroatoms. The van der Waals surface area contributed by atoms with Gasteiger partial charge in [-0.3, -0.25) is 0 Å². The molecule has 1 aromatic heterocycles. The van der Waals surface area contributed by atoms with E-state index in [2.05, 4.69) is 48.7 Å². The van der Waals surface area contributed by atoms with Crippen molar-refractivity contribution in [2.24, 2.45) is 0 Å². The van der Waals surface area contributed by atoms with Gasteiger partial charge in [0.05, 0.1) is 6.20 Å². The summed E-state index contributed by atoms with van der Waals surface area (Å²) in [5, 5.41) is 14.4. The Morgan fingerprint density at radius 3 is 2.86 bits per heavy atom. The standard InChI is InChI=1S/C15H20BrN5/c1-3-4-5-8-17-14-10-18-21-15(20-14)19-12-6-7-13(16)11(2)9-12/h6-7,9-10H,3-5,8H2,1-2H3,(H2,17,19,20,21). The molecule has 0 aliphatic heterocycles. The largest absolute Gasteiger partial charge is 0.369 e. The maximum atomic E-state index is 4.41. The molecular formula is C15H20BrN5. The summed E-state index contributed by atoms with van der Waals surface area (Å²) in [6.07, 6.45) is 5.20. The number of hydrogen-bond acceptors (Lipinski definition) is 5. The van der Waals surface area contributed by atoms with Crippen LogP contribution in [0.5, 0.6) is 0 Å². The molecule has 2 aromatic rings. The third-order valence-electron chi connectivity index (χ3n) is 3.06. The second kappa shape index (κ2) is 7.93. The van der Waals surface area contributed by atoms with Crippen molar-refractivity contribution < 1.29 is 0 Å². The first-order chi connectivity index (χ1) is 10.2. The van der Waals surface area contributed by atoms with Gasteiger partial charge in [0.2, 0.25) is 5.95 Å². The molecule has 0 spiro atoms. The van der Waals surface area contributed by atoms with Crippen molar-refractivity contribution in [1.82, 2.24) is 15.2 Å². The summed E-state index contributed by atoms with van der Waals surface area (Å²) >= 11 is 3.49. The maximum absolute atomic E-state index is 4.41. The topological polar surface area (TPSA) is 62.7 Å². The number of nitrogens with one attached hydrogen (secondary N) is 2. The van der Waals surface area contributed by atoms with Crippen LogP contribution in [0.2, 0.25) is 0 Å². The number of unbranched alkanes of at least 4 members (excludes halogenated alkanes) is 2. The summed E-state index contributed by atoms with van der Waals surface area (Å²) < 4.78 is 1.08. The zero-order valence-electron chi connectivity index (χ0n) is 12.4. The lowest BCUT2D eigenvalue weighted by Crippen LogP contribution is -2.06. The molecule has 21 heavy (non-hydrogen) atoms. The summed E-state index contributed by atoms with van der Waals surface area (Å²) in [5.41, 5.74) is 2.10. The molecule has 1 heterocycles. The van der Waals surface area contributed by atoms with E-state index in [1.54, 1.807) is 6.20 Å². The Hall–Kier alpha value is -1.69. The van der Waals surface area contributed by atoms with Crippen molar-refractivity contribution in [2.75, 3.05) is 17.2 Å². The third kappa shape index (κ3) is 4.97. The molecule has 0 bridgehead atoms. The van der Waals surface area contributed by atoms with Crippen LogP contribution in [0.4, 0.5) is 17.5 Å². The first-order valence-electron chi connectivity index (χ1n) is 7.16. The molecule has 0 unspecified atom stereocenters. The number of aromatic nitrogens is 3. The summed E-state index contributed by atoms with van der Waals surface area (Å²) in [7, 11) is 0. The molecule has 2 rings (SSSR count). The molecule has 0 aliphatic carbocycles. The molecule has 0 saturated heterocycles. The number of rotatable bonds is 7. The number of nitrogens with zero attached hydrogens (tertiary/aromatic N) is 3. The Labute approximate surface area is 133 Å². The monoisotopic (exact) mass is 349 g/mol. The lowest BCUT2D eigenvalue weighted by atomic mass is 10.2. The highest BCUT2D eigenvalue weighted by Gasteiger charge is 2.02. The van der Waals surface area contributed by atoms with Crippen LogP contribution in [0, 0.1) is 6.92 Å².